The summed E-state index contributed by atoms with van der Waals surface area (Å²) in [6.07, 6.45) is 3.69. The smallest absolute Gasteiger partial charge is 0.0352 e. The van der Waals surface area contributed by atoms with Crippen LogP contribution in [0, 0.1) is 5.92 Å². The molecule has 0 radical (unpaired) electrons. The van der Waals surface area contributed by atoms with Crippen LogP contribution in [-0.2, 0) is 6.42 Å². The summed E-state index contributed by atoms with van der Waals surface area (Å²) < 4.78 is 0. The molecule has 0 spiro atoms. The van der Waals surface area contributed by atoms with Gasteiger partial charge in [-0.15, -0.1) is 0 Å². The molecule has 2 aromatic carbocycles. The molecular weight excluding hydrogens is 254 g/mol. The molecule has 0 amide bonds. The largest absolute Gasteiger partial charge is 0.313 e. The lowest BCUT2D eigenvalue weighted by Gasteiger charge is -2.17. The molecule has 110 valence electrons. The fourth-order valence-corrected chi connectivity index (χ4v) is 3.47. The van der Waals surface area contributed by atoms with Gasteiger partial charge in [0.1, 0.15) is 0 Å². The van der Waals surface area contributed by atoms with E-state index in [2.05, 4.69) is 73.9 Å². The zero-order chi connectivity index (χ0) is 14.7. The Hall–Kier alpha value is -1.60. The van der Waals surface area contributed by atoms with E-state index in [1.807, 2.05) is 0 Å². The molecule has 21 heavy (non-hydrogen) atoms. The quantitative estimate of drug-likeness (QED) is 0.808. The van der Waals surface area contributed by atoms with Gasteiger partial charge in [-0.25, -0.2) is 0 Å². The molecule has 0 aromatic heterocycles. The first-order valence-electron chi connectivity index (χ1n) is 8.14. The lowest BCUT2D eigenvalue weighted by atomic mass is 9.97. The molecule has 0 aliphatic heterocycles. The number of rotatable bonds is 6. The van der Waals surface area contributed by atoms with Gasteiger partial charge in [-0.05, 0) is 48.4 Å². The minimum atomic E-state index is 0.478. The van der Waals surface area contributed by atoms with Gasteiger partial charge in [0, 0.05) is 6.04 Å². The molecule has 1 aliphatic carbocycles. The first kappa shape index (κ1) is 14.3. The summed E-state index contributed by atoms with van der Waals surface area (Å²) in [7, 11) is 2.09. The predicted molar refractivity (Wildman–Crippen MR) is 89.5 cm³/mol. The minimum absolute atomic E-state index is 0.478. The van der Waals surface area contributed by atoms with Gasteiger partial charge in [0.15, 0.2) is 0 Å². The molecule has 1 aliphatic rings. The molecule has 1 nitrogen and oxygen atoms in total. The average Bonchev–Trinajstić information content (AvgIpc) is 3.31. The van der Waals surface area contributed by atoms with Crippen molar-refractivity contribution in [2.45, 2.75) is 38.1 Å². The van der Waals surface area contributed by atoms with Crippen molar-refractivity contribution in [1.29, 1.82) is 0 Å². The van der Waals surface area contributed by atoms with Gasteiger partial charge in [0.25, 0.3) is 0 Å². The van der Waals surface area contributed by atoms with E-state index >= 15 is 0 Å². The second-order valence-electron chi connectivity index (χ2n) is 6.17. The van der Waals surface area contributed by atoms with Crippen molar-refractivity contribution >= 4 is 0 Å². The predicted octanol–water partition coefficient (Wildman–Crippen LogP) is 4.70. The minimum Gasteiger partial charge on any atom is -0.313 e. The molecule has 3 rings (SSSR count). The van der Waals surface area contributed by atoms with E-state index in [-0.39, 0.29) is 0 Å². The first-order valence-corrected chi connectivity index (χ1v) is 8.14. The highest BCUT2D eigenvalue weighted by atomic mass is 14.9. The van der Waals surface area contributed by atoms with Gasteiger partial charge in [-0.2, -0.15) is 0 Å². The Labute approximate surface area is 128 Å². The normalized spacial score (nSPS) is 22.0. The Kier molecular flexibility index (Phi) is 4.40. The summed E-state index contributed by atoms with van der Waals surface area (Å²) in [4.78, 5) is 0. The van der Waals surface area contributed by atoms with Crippen LogP contribution in [0.3, 0.4) is 0 Å². The highest BCUT2D eigenvalue weighted by Crippen LogP contribution is 2.53. The van der Waals surface area contributed by atoms with Crippen molar-refractivity contribution in [3.05, 3.63) is 71.3 Å². The summed E-state index contributed by atoms with van der Waals surface area (Å²) in [5.41, 5.74) is 4.37. The lowest BCUT2D eigenvalue weighted by Crippen LogP contribution is -2.19. The van der Waals surface area contributed by atoms with Gasteiger partial charge < -0.3 is 5.32 Å². The second kappa shape index (κ2) is 6.44. The van der Waals surface area contributed by atoms with Crippen molar-refractivity contribution in [3.63, 3.8) is 0 Å². The number of aryl methyl sites for hydroxylation is 1. The molecule has 3 atom stereocenters. The third kappa shape index (κ3) is 3.19. The van der Waals surface area contributed by atoms with Gasteiger partial charge in [-0.1, -0.05) is 67.9 Å². The number of benzene rings is 2. The molecule has 2 aromatic rings. The molecule has 1 saturated carbocycles. The van der Waals surface area contributed by atoms with Crippen LogP contribution in [0.1, 0.15) is 48.4 Å². The van der Waals surface area contributed by atoms with Crippen LogP contribution in [0.2, 0.25) is 0 Å². The van der Waals surface area contributed by atoms with Gasteiger partial charge >= 0.3 is 0 Å². The topological polar surface area (TPSA) is 12.0 Å². The second-order valence-corrected chi connectivity index (χ2v) is 6.17. The fourth-order valence-electron chi connectivity index (χ4n) is 3.47. The third-order valence-electron chi connectivity index (χ3n) is 4.68. The number of nitrogens with one attached hydrogen (secondary N) is 1. The fraction of sp³-hybridized carbons (Fsp3) is 0.400. The molecule has 0 saturated heterocycles. The van der Waals surface area contributed by atoms with Gasteiger partial charge in [0.05, 0.1) is 0 Å². The van der Waals surface area contributed by atoms with Gasteiger partial charge in [-0.3, -0.25) is 0 Å². The molecule has 1 heteroatoms. The van der Waals surface area contributed by atoms with E-state index in [1.54, 1.807) is 0 Å². The Morgan fingerprint density at radius 1 is 1.05 bits per heavy atom. The Morgan fingerprint density at radius 2 is 1.76 bits per heavy atom. The van der Waals surface area contributed by atoms with Crippen molar-refractivity contribution in [1.82, 2.24) is 5.32 Å². The van der Waals surface area contributed by atoms with Crippen LogP contribution >= 0.6 is 0 Å². The molecule has 1 fully saturated rings. The molecule has 1 N–H and O–H groups in total. The molecule has 3 unspecified atom stereocenters. The Balaban J connectivity index is 1.71. The zero-order valence-electron chi connectivity index (χ0n) is 13.0. The van der Waals surface area contributed by atoms with Crippen molar-refractivity contribution in [2.75, 3.05) is 7.05 Å². The maximum absolute atomic E-state index is 3.53. The van der Waals surface area contributed by atoms with Crippen LogP contribution in [0.4, 0.5) is 0 Å². The van der Waals surface area contributed by atoms with Crippen molar-refractivity contribution in [3.8, 4) is 0 Å². The van der Waals surface area contributed by atoms with E-state index in [9.17, 15) is 0 Å². The highest BCUT2D eigenvalue weighted by molar-refractivity contribution is 5.32. The molecule has 0 heterocycles. The Bertz CT molecular complexity index is 558. The van der Waals surface area contributed by atoms with E-state index in [4.69, 9.17) is 0 Å². The number of hydrogen-bond donors (Lipinski definition) is 1. The maximum atomic E-state index is 3.53. The van der Waals surface area contributed by atoms with Gasteiger partial charge in [0.2, 0.25) is 0 Å². The average molecular weight is 279 g/mol. The lowest BCUT2D eigenvalue weighted by molar-refractivity contribution is 0.517. The van der Waals surface area contributed by atoms with Crippen LogP contribution < -0.4 is 5.32 Å². The van der Waals surface area contributed by atoms with Crippen molar-refractivity contribution in [2.24, 2.45) is 5.92 Å². The summed E-state index contributed by atoms with van der Waals surface area (Å²) >= 11 is 0. The van der Waals surface area contributed by atoms with Crippen LogP contribution in [0.15, 0.2) is 54.6 Å². The number of hydrogen-bond acceptors (Lipinski definition) is 1. The monoisotopic (exact) mass is 279 g/mol. The SMILES string of the molecule is CCCc1ccc(C(NC)C2CC2c2ccccc2)cc1. The standard InChI is InChI=1S/C20H25N/c1-3-7-15-10-12-17(13-11-15)20(21-2)19-14-18(19)16-8-5-4-6-9-16/h4-6,8-13,18-21H,3,7,14H2,1-2H3. The summed E-state index contributed by atoms with van der Waals surface area (Å²) in [6, 6.07) is 20.6. The summed E-state index contributed by atoms with van der Waals surface area (Å²) in [6.45, 7) is 2.24. The van der Waals surface area contributed by atoms with Crippen LogP contribution in [-0.4, -0.2) is 7.05 Å². The van der Waals surface area contributed by atoms with E-state index in [0.717, 1.165) is 11.8 Å². The van der Waals surface area contributed by atoms with Crippen LogP contribution in [0.25, 0.3) is 0 Å². The third-order valence-corrected chi connectivity index (χ3v) is 4.68. The van der Waals surface area contributed by atoms with E-state index in [0.29, 0.717) is 6.04 Å². The summed E-state index contributed by atoms with van der Waals surface area (Å²) in [5, 5.41) is 3.53. The van der Waals surface area contributed by atoms with Crippen molar-refractivity contribution < 1.29 is 0 Å². The van der Waals surface area contributed by atoms with Crippen LogP contribution in [0.5, 0.6) is 0 Å². The maximum Gasteiger partial charge on any atom is 0.0352 e. The zero-order valence-corrected chi connectivity index (χ0v) is 13.0. The highest BCUT2D eigenvalue weighted by Gasteiger charge is 2.43. The molecular formula is C20H25N. The van der Waals surface area contributed by atoms with E-state index in [1.165, 1.54) is 36.0 Å². The first-order chi connectivity index (χ1) is 10.3. The van der Waals surface area contributed by atoms with E-state index < -0.39 is 0 Å². The molecule has 0 bridgehead atoms. The Morgan fingerprint density at radius 3 is 2.38 bits per heavy atom. The summed E-state index contributed by atoms with van der Waals surface area (Å²) in [5.74, 6) is 1.45.